The number of imidazole rings is 1. The summed E-state index contributed by atoms with van der Waals surface area (Å²) < 4.78 is 39.9. The molecule has 0 bridgehead atoms. The van der Waals surface area contributed by atoms with Crippen molar-refractivity contribution in [1.29, 1.82) is 0 Å². The molecule has 0 saturated carbocycles. The molecular weight excluding hydrogens is 291 g/mol. The topological polar surface area (TPSA) is 29.9 Å². The molecule has 0 fully saturated rings. The van der Waals surface area contributed by atoms with E-state index in [4.69, 9.17) is 11.6 Å². The van der Waals surface area contributed by atoms with E-state index in [1.54, 1.807) is 23.9 Å². The molecule has 0 amide bonds. The second kappa shape index (κ2) is 5.36. The summed E-state index contributed by atoms with van der Waals surface area (Å²) in [6, 6.07) is 2.93. The van der Waals surface area contributed by atoms with Crippen molar-refractivity contribution in [1.82, 2.24) is 9.55 Å². The smallest absolute Gasteiger partial charge is 0.374 e. The predicted octanol–water partition coefficient (Wildman–Crippen LogP) is 4.27. The Morgan fingerprint density at radius 2 is 2.05 bits per heavy atom. The van der Waals surface area contributed by atoms with E-state index in [2.05, 4.69) is 10.3 Å². The van der Waals surface area contributed by atoms with Crippen LogP contribution >= 0.6 is 11.6 Å². The molecule has 0 radical (unpaired) electrons. The number of benzene rings is 1. The molecule has 0 aliphatic carbocycles. The number of anilines is 1. The van der Waals surface area contributed by atoms with Gasteiger partial charge in [0.2, 0.25) is 0 Å². The molecule has 1 N–H and O–H groups in total. The fourth-order valence-electron chi connectivity index (χ4n) is 1.90. The maximum Gasteiger partial charge on any atom is 0.416 e. The van der Waals surface area contributed by atoms with E-state index in [1.807, 2.05) is 7.05 Å². The van der Waals surface area contributed by atoms with Crippen LogP contribution < -0.4 is 5.32 Å². The van der Waals surface area contributed by atoms with Crippen LogP contribution in [0.25, 0.3) is 0 Å². The van der Waals surface area contributed by atoms with Crippen molar-refractivity contribution in [2.75, 3.05) is 5.32 Å². The lowest BCUT2D eigenvalue weighted by molar-refractivity contribution is -0.137. The van der Waals surface area contributed by atoms with E-state index in [9.17, 15) is 13.2 Å². The van der Waals surface area contributed by atoms with Gasteiger partial charge in [0.05, 0.1) is 22.3 Å². The van der Waals surface area contributed by atoms with Gasteiger partial charge in [-0.2, -0.15) is 13.2 Å². The highest BCUT2D eigenvalue weighted by atomic mass is 35.5. The molecule has 2 rings (SSSR count). The Hall–Kier alpha value is -1.69. The van der Waals surface area contributed by atoms with Crippen LogP contribution in [0.2, 0.25) is 5.02 Å². The SMILES string of the molecule is CC(Nc1cc(C(F)(F)F)ccc1Cl)c1nccn1C. The van der Waals surface area contributed by atoms with Gasteiger partial charge in [0.1, 0.15) is 5.82 Å². The molecule has 20 heavy (non-hydrogen) atoms. The van der Waals surface area contributed by atoms with Crippen molar-refractivity contribution in [3.05, 3.63) is 47.0 Å². The molecule has 2 aromatic rings. The van der Waals surface area contributed by atoms with Gasteiger partial charge in [-0.25, -0.2) is 4.98 Å². The minimum atomic E-state index is -4.40. The lowest BCUT2D eigenvalue weighted by Gasteiger charge is -2.17. The van der Waals surface area contributed by atoms with Gasteiger partial charge < -0.3 is 9.88 Å². The van der Waals surface area contributed by atoms with Crippen LogP contribution in [0.3, 0.4) is 0 Å². The average Bonchev–Trinajstić information content (AvgIpc) is 2.77. The summed E-state index contributed by atoms with van der Waals surface area (Å²) in [5.41, 5.74) is -0.506. The molecule has 1 unspecified atom stereocenters. The first-order valence-electron chi connectivity index (χ1n) is 5.89. The van der Waals surface area contributed by atoms with E-state index < -0.39 is 11.7 Å². The van der Waals surface area contributed by atoms with E-state index >= 15 is 0 Å². The number of alkyl halides is 3. The Kier molecular flexibility index (Phi) is 3.94. The summed E-state index contributed by atoms with van der Waals surface area (Å²) in [6.07, 6.45) is -1.00. The second-order valence-corrected chi connectivity index (χ2v) is 4.86. The van der Waals surface area contributed by atoms with Gasteiger partial charge in [0, 0.05) is 19.4 Å². The van der Waals surface area contributed by atoms with E-state index in [1.165, 1.54) is 6.07 Å². The van der Waals surface area contributed by atoms with Crippen LogP contribution in [0.4, 0.5) is 18.9 Å². The standard InChI is InChI=1S/C13H13ClF3N3/c1-8(12-18-5-6-20(12)2)19-11-7-9(13(15,16)17)3-4-10(11)14/h3-8,19H,1-2H3. The predicted molar refractivity (Wildman–Crippen MR) is 71.7 cm³/mol. The molecule has 0 spiro atoms. The second-order valence-electron chi connectivity index (χ2n) is 4.45. The van der Waals surface area contributed by atoms with Crippen LogP contribution in [0.15, 0.2) is 30.6 Å². The number of nitrogens with zero attached hydrogens (tertiary/aromatic N) is 2. The van der Waals surface area contributed by atoms with Crippen molar-refractivity contribution in [3.8, 4) is 0 Å². The van der Waals surface area contributed by atoms with Crippen LogP contribution in [0.5, 0.6) is 0 Å². The summed E-state index contributed by atoms with van der Waals surface area (Å²) in [5.74, 6) is 0.707. The van der Waals surface area contributed by atoms with Gasteiger partial charge in [-0.1, -0.05) is 11.6 Å². The van der Waals surface area contributed by atoms with Crippen LogP contribution in [0.1, 0.15) is 24.4 Å². The van der Waals surface area contributed by atoms with Crippen molar-refractivity contribution in [2.24, 2.45) is 7.05 Å². The first-order chi connectivity index (χ1) is 9.29. The Labute approximate surface area is 119 Å². The lowest BCUT2D eigenvalue weighted by atomic mass is 10.1. The number of rotatable bonds is 3. The Bertz CT molecular complexity index is 607. The average molecular weight is 304 g/mol. The highest BCUT2D eigenvalue weighted by Gasteiger charge is 2.31. The molecule has 1 atom stereocenters. The summed E-state index contributed by atoms with van der Waals surface area (Å²) >= 11 is 5.93. The van der Waals surface area contributed by atoms with Gasteiger partial charge >= 0.3 is 6.18 Å². The third kappa shape index (κ3) is 3.07. The summed E-state index contributed by atoms with van der Waals surface area (Å²) in [4.78, 5) is 4.15. The lowest BCUT2D eigenvalue weighted by Crippen LogP contribution is -2.13. The third-order valence-corrected chi connectivity index (χ3v) is 3.24. The molecule has 1 aromatic carbocycles. The van der Waals surface area contributed by atoms with Crippen molar-refractivity contribution >= 4 is 17.3 Å². The van der Waals surface area contributed by atoms with E-state index in [0.717, 1.165) is 12.1 Å². The van der Waals surface area contributed by atoms with Gasteiger partial charge in [-0.05, 0) is 25.1 Å². The zero-order chi connectivity index (χ0) is 14.9. The number of aromatic nitrogens is 2. The number of hydrogen-bond donors (Lipinski definition) is 1. The number of hydrogen-bond acceptors (Lipinski definition) is 2. The van der Waals surface area contributed by atoms with Crippen LogP contribution in [0, 0.1) is 0 Å². The first-order valence-corrected chi connectivity index (χ1v) is 6.27. The highest BCUT2D eigenvalue weighted by molar-refractivity contribution is 6.33. The Morgan fingerprint density at radius 1 is 1.35 bits per heavy atom. The first kappa shape index (κ1) is 14.7. The third-order valence-electron chi connectivity index (χ3n) is 2.91. The fraction of sp³-hybridized carbons (Fsp3) is 0.308. The minimum absolute atomic E-state index is 0.233. The number of aryl methyl sites for hydroxylation is 1. The Morgan fingerprint density at radius 3 is 2.60 bits per heavy atom. The van der Waals surface area contributed by atoms with Gasteiger partial charge in [-0.15, -0.1) is 0 Å². The summed E-state index contributed by atoms with van der Waals surface area (Å²) in [7, 11) is 1.81. The monoisotopic (exact) mass is 303 g/mol. The molecule has 1 heterocycles. The van der Waals surface area contributed by atoms with Gasteiger partial charge in [0.25, 0.3) is 0 Å². The molecular formula is C13H13ClF3N3. The zero-order valence-electron chi connectivity index (χ0n) is 10.9. The number of nitrogens with one attached hydrogen (secondary N) is 1. The maximum absolute atomic E-state index is 12.7. The van der Waals surface area contributed by atoms with Crippen LogP contribution in [-0.2, 0) is 13.2 Å². The molecule has 0 saturated heterocycles. The quantitative estimate of drug-likeness (QED) is 0.918. The normalized spacial score (nSPS) is 13.3. The van der Waals surface area contributed by atoms with Crippen LogP contribution in [-0.4, -0.2) is 9.55 Å². The zero-order valence-corrected chi connectivity index (χ0v) is 11.6. The molecule has 108 valence electrons. The number of halogens is 4. The summed E-state index contributed by atoms with van der Waals surface area (Å²) in [6.45, 7) is 1.80. The minimum Gasteiger partial charge on any atom is -0.374 e. The van der Waals surface area contributed by atoms with Crippen molar-refractivity contribution in [2.45, 2.75) is 19.1 Å². The molecule has 1 aromatic heterocycles. The van der Waals surface area contributed by atoms with Crippen molar-refractivity contribution in [3.63, 3.8) is 0 Å². The van der Waals surface area contributed by atoms with Gasteiger partial charge in [0.15, 0.2) is 0 Å². The molecule has 7 heteroatoms. The molecule has 0 aliphatic heterocycles. The van der Waals surface area contributed by atoms with E-state index in [0.29, 0.717) is 5.82 Å². The summed E-state index contributed by atoms with van der Waals surface area (Å²) in [5, 5.41) is 3.19. The van der Waals surface area contributed by atoms with E-state index in [-0.39, 0.29) is 16.8 Å². The molecule has 0 aliphatic rings. The largest absolute Gasteiger partial charge is 0.416 e. The maximum atomic E-state index is 12.7. The molecule has 3 nitrogen and oxygen atoms in total. The fourth-order valence-corrected chi connectivity index (χ4v) is 2.08. The Balaban J connectivity index is 2.27. The van der Waals surface area contributed by atoms with Gasteiger partial charge in [-0.3, -0.25) is 0 Å². The highest BCUT2D eigenvalue weighted by Crippen LogP contribution is 2.34. The van der Waals surface area contributed by atoms with Crippen molar-refractivity contribution < 1.29 is 13.2 Å².